The lowest BCUT2D eigenvalue weighted by atomic mass is 10.1. The van der Waals surface area contributed by atoms with E-state index in [1.54, 1.807) is 0 Å². The van der Waals surface area contributed by atoms with Gasteiger partial charge in [-0.2, -0.15) is 0 Å². The molecule has 0 aliphatic rings. The van der Waals surface area contributed by atoms with E-state index in [0.29, 0.717) is 6.42 Å². The Morgan fingerprint density at radius 1 is 1.25 bits per heavy atom. The highest BCUT2D eigenvalue weighted by atomic mass is 35.5. The minimum atomic E-state index is -4.82. The molecule has 0 radical (unpaired) electrons. The highest BCUT2D eigenvalue weighted by molar-refractivity contribution is 6.17. The zero-order chi connectivity index (χ0) is 12.2. The predicted octanol–water partition coefficient (Wildman–Crippen LogP) is 3.90. The van der Waals surface area contributed by atoms with E-state index in [0.717, 1.165) is 12.1 Å². The van der Waals surface area contributed by atoms with Crippen LogP contribution >= 0.6 is 11.6 Å². The van der Waals surface area contributed by atoms with Gasteiger partial charge in [-0.1, -0.05) is 6.07 Å². The van der Waals surface area contributed by atoms with Crippen LogP contribution in [0.15, 0.2) is 18.2 Å². The van der Waals surface area contributed by atoms with Gasteiger partial charge in [0.2, 0.25) is 0 Å². The van der Waals surface area contributed by atoms with Crippen LogP contribution in [0.4, 0.5) is 17.6 Å². The second-order valence-corrected chi connectivity index (χ2v) is 3.43. The summed E-state index contributed by atoms with van der Waals surface area (Å²) in [4.78, 5) is 0. The zero-order valence-corrected chi connectivity index (χ0v) is 8.91. The Hall–Kier alpha value is -0.970. The summed E-state index contributed by atoms with van der Waals surface area (Å²) in [6.07, 6.45) is -4.32. The minimum Gasteiger partial charge on any atom is -0.405 e. The smallest absolute Gasteiger partial charge is 0.405 e. The minimum absolute atomic E-state index is 0.0968. The molecule has 0 saturated carbocycles. The van der Waals surface area contributed by atoms with Crippen molar-refractivity contribution in [3.05, 3.63) is 29.6 Å². The fraction of sp³-hybridized carbons (Fsp3) is 0.400. The van der Waals surface area contributed by atoms with E-state index in [1.807, 2.05) is 0 Å². The van der Waals surface area contributed by atoms with Gasteiger partial charge < -0.3 is 4.74 Å². The molecule has 0 heterocycles. The summed E-state index contributed by atoms with van der Waals surface area (Å²) in [5.74, 6) is -0.968. The summed E-state index contributed by atoms with van der Waals surface area (Å²) >= 11 is 5.40. The van der Waals surface area contributed by atoms with Gasteiger partial charge in [0.15, 0.2) is 0 Å². The molecule has 1 rings (SSSR count). The van der Waals surface area contributed by atoms with Gasteiger partial charge in [-0.05, 0) is 25.0 Å². The number of benzene rings is 1. The normalized spacial score (nSPS) is 11.6. The van der Waals surface area contributed by atoms with Crippen LogP contribution in [0, 0.1) is 5.82 Å². The first-order chi connectivity index (χ1) is 7.44. The third-order valence-corrected chi connectivity index (χ3v) is 2.13. The molecule has 90 valence electrons. The molecule has 0 N–H and O–H groups in total. The molecule has 0 bridgehead atoms. The lowest BCUT2D eigenvalue weighted by Crippen LogP contribution is -2.18. The molecule has 0 amide bonds. The number of halogens is 5. The summed E-state index contributed by atoms with van der Waals surface area (Å²) in [6, 6.07) is 3.34. The van der Waals surface area contributed by atoms with Crippen molar-refractivity contribution >= 4 is 11.6 Å². The maximum atomic E-state index is 13.3. The first-order valence-corrected chi connectivity index (χ1v) is 5.06. The second-order valence-electron chi connectivity index (χ2n) is 3.06. The second kappa shape index (κ2) is 5.39. The average molecular weight is 257 g/mol. The Morgan fingerprint density at radius 3 is 2.50 bits per heavy atom. The monoisotopic (exact) mass is 256 g/mol. The van der Waals surface area contributed by atoms with Crippen molar-refractivity contribution in [1.29, 1.82) is 0 Å². The first kappa shape index (κ1) is 13.1. The van der Waals surface area contributed by atoms with Gasteiger partial charge in [-0.3, -0.25) is 0 Å². The van der Waals surface area contributed by atoms with Gasteiger partial charge in [0.05, 0.1) is 0 Å². The SMILES string of the molecule is Fc1cccc(OC(F)(F)F)c1CCCCl. The molecule has 1 aromatic rings. The van der Waals surface area contributed by atoms with Crippen LogP contribution < -0.4 is 4.74 Å². The molecule has 0 fully saturated rings. The highest BCUT2D eigenvalue weighted by Crippen LogP contribution is 2.28. The fourth-order valence-corrected chi connectivity index (χ4v) is 1.38. The third-order valence-electron chi connectivity index (χ3n) is 1.86. The topological polar surface area (TPSA) is 9.23 Å². The van der Waals surface area contributed by atoms with E-state index < -0.39 is 17.9 Å². The van der Waals surface area contributed by atoms with Crippen molar-refractivity contribution in [3.8, 4) is 5.75 Å². The molecule has 1 aromatic carbocycles. The average Bonchev–Trinajstić information content (AvgIpc) is 2.14. The quantitative estimate of drug-likeness (QED) is 0.586. The molecular formula is C10H9ClF4O. The van der Waals surface area contributed by atoms with Gasteiger partial charge in [0, 0.05) is 11.4 Å². The van der Waals surface area contributed by atoms with E-state index in [9.17, 15) is 17.6 Å². The molecule has 0 atom stereocenters. The van der Waals surface area contributed by atoms with E-state index in [-0.39, 0.29) is 17.9 Å². The molecule has 6 heteroatoms. The molecule has 0 aromatic heterocycles. The molecule has 0 saturated heterocycles. The summed E-state index contributed by atoms with van der Waals surface area (Å²) < 4.78 is 53.0. The molecular weight excluding hydrogens is 248 g/mol. The van der Waals surface area contributed by atoms with Gasteiger partial charge in [-0.15, -0.1) is 24.8 Å². The lowest BCUT2D eigenvalue weighted by Gasteiger charge is -2.13. The van der Waals surface area contributed by atoms with Crippen LogP contribution in [0.2, 0.25) is 0 Å². The third kappa shape index (κ3) is 3.89. The Labute approximate surface area is 95.0 Å². The molecule has 0 unspecified atom stereocenters. The number of hydrogen-bond donors (Lipinski definition) is 0. The van der Waals surface area contributed by atoms with Gasteiger partial charge in [-0.25, -0.2) is 4.39 Å². The Bertz CT molecular complexity index is 351. The predicted molar refractivity (Wildman–Crippen MR) is 52.1 cm³/mol. The van der Waals surface area contributed by atoms with Crippen molar-refractivity contribution < 1.29 is 22.3 Å². The summed E-state index contributed by atoms with van der Waals surface area (Å²) in [6.45, 7) is 0. The highest BCUT2D eigenvalue weighted by Gasteiger charge is 2.32. The van der Waals surface area contributed by atoms with Crippen LogP contribution in [-0.2, 0) is 6.42 Å². The van der Waals surface area contributed by atoms with E-state index in [4.69, 9.17) is 11.6 Å². The van der Waals surface area contributed by atoms with Crippen LogP contribution in [0.1, 0.15) is 12.0 Å². The van der Waals surface area contributed by atoms with Crippen molar-refractivity contribution in [2.45, 2.75) is 19.2 Å². The summed E-state index contributed by atoms with van der Waals surface area (Å²) in [5.41, 5.74) is -0.0968. The molecule has 0 aliphatic carbocycles. The number of alkyl halides is 4. The molecule has 1 nitrogen and oxygen atoms in total. The zero-order valence-electron chi connectivity index (χ0n) is 8.15. The van der Waals surface area contributed by atoms with Crippen molar-refractivity contribution in [3.63, 3.8) is 0 Å². The van der Waals surface area contributed by atoms with Crippen molar-refractivity contribution in [2.24, 2.45) is 0 Å². The maximum Gasteiger partial charge on any atom is 0.573 e. The maximum absolute atomic E-state index is 13.3. The van der Waals surface area contributed by atoms with Gasteiger partial charge in [0.25, 0.3) is 0 Å². The fourth-order valence-electron chi connectivity index (χ4n) is 1.25. The number of rotatable bonds is 4. The molecule has 0 aliphatic heterocycles. The van der Waals surface area contributed by atoms with Crippen LogP contribution in [0.3, 0.4) is 0 Å². The lowest BCUT2D eigenvalue weighted by molar-refractivity contribution is -0.275. The van der Waals surface area contributed by atoms with Gasteiger partial charge in [0.1, 0.15) is 11.6 Å². The van der Waals surface area contributed by atoms with Crippen molar-refractivity contribution in [2.75, 3.05) is 5.88 Å². The number of hydrogen-bond acceptors (Lipinski definition) is 1. The van der Waals surface area contributed by atoms with Crippen LogP contribution in [-0.4, -0.2) is 12.2 Å². The van der Waals surface area contributed by atoms with E-state index in [1.165, 1.54) is 6.07 Å². The first-order valence-electron chi connectivity index (χ1n) is 4.53. The van der Waals surface area contributed by atoms with Crippen molar-refractivity contribution in [1.82, 2.24) is 0 Å². The Morgan fingerprint density at radius 2 is 1.94 bits per heavy atom. The molecule has 16 heavy (non-hydrogen) atoms. The van der Waals surface area contributed by atoms with E-state index >= 15 is 0 Å². The van der Waals surface area contributed by atoms with Crippen LogP contribution in [0.5, 0.6) is 5.75 Å². The van der Waals surface area contributed by atoms with Crippen LogP contribution in [0.25, 0.3) is 0 Å². The summed E-state index contributed by atoms with van der Waals surface area (Å²) in [7, 11) is 0. The number of ether oxygens (including phenoxy) is 1. The summed E-state index contributed by atoms with van der Waals surface area (Å²) in [5, 5.41) is 0. The Kier molecular flexibility index (Phi) is 4.41. The van der Waals surface area contributed by atoms with E-state index in [2.05, 4.69) is 4.74 Å². The Balaban J connectivity index is 2.93. The van der Waals surface area contributed by atoms with Gasteiger partial charge >= 0.3 is 6.36 Å². The molecule has 0 spiro atoms. The largest absolute Gasteiger partial charge is 0.573 e. The standard InChI is InChI=1S/C10H9ClF4O/c11-6-2-3-7-8(12)4-1-5-9(7)16-10(13,14)15/h1,4-5H,2-3,6H2.